The average molecular weight is 439 g/mol. The number of benzene rings is 1. The molecule has 1 saturated carbocycles. The molecule has 0 bridgehead atoms. The lowest BCUT2D eigenvalue weighted by Crippen LogP contribution is -2.31. The highest BCUT2D eigenvalue weighted by atomic mass is 19.4. The molecule has 1 fully saturated rings. The van der Waals surface area contributed by atoms with E-state index in [-0.39, 0.29) is 36.6 Å². The largest absolute Gasteiger partial charge is 0.481 e. The maximum atomic E-state index is 13.0. The second-order valence-corrected chi connectivity index (χ2v) is 7.86. The first-order chi connectivity index (χ1) is 14.5. The summed E-state index contributed by atoms with van der Waals surface area (Å²) in [5.41, 5.74) is 3.18. The number of hydrogen-bond acceptors (Lipinski definition) is 4. The van der Waals surface area contributed by atoms with Crippen LogP contribution in [0.1, 0.15) is 65.2 Å². The van der Waals surface area contributed by atoms with Crippen molar-refractivity contribution < 1.29 is 37.4 Å². The molecule has 31 heavy (non-hydrogen) atoms. The molecule has 1 aliphatic carbocycles. The molecule has 1 heterocycles. The molecular formula is C22H24F3NO5. The molecule has 0 aromatic heterocycles. The van der Waals surface area contributed by atoms with Gasteiger partial charge in [0.2, 0.25) is 0 Å². The predicted octanol–water partition coefficient (Wildman–Crippen LogP) is 4.47. The molecule has 1 aliphatic heterocycles. The first kappa shape index (κ1) is 22.8. The molecule has 1 aromatic carbocycles. The number of hydrogen-bond donors (Lipinski definition) is 2. The highest BCUT2D eigenvalue weighted by Gasteiger charge is 2.41. The first-order valence-electron chi connectivity index (χ1n) is 10.2. The van der Waals surface area contributed by atoms with E-state index in [1.165, 1.54) is 0 Å². The lowest BCUT2D eigenvalue weighted by molar-refractivity contribution is -0.167. The van der Waals surface area contributed by atoms with Crippen LogP contribution in [-0.4, -0.2) is 29.1 Å². The Morgan fingerprint density at radius 1 is 1.29 bits per heavy atom. The number of fused-ring (bicyclic) bond motifs is 1. The number of allylic oxidation sites excluding steroid dienone is 2. The Labute approximate surface area is 177 Å². The van der Waals surface area contributed by atoms with Crippen molar-refractivity contribution in [1.29, 1.82) is 0 Å². The van der Waals surface area contributed by atoms with Crippen LogP contribution in [0.15, 0.2) is 11.6 Å². The Morgan fingerprint density at radius 2 is 2.00 bits per heavy atom. The summed E-state index contributed by atoms with van der Waals surface area (Å²) in [5.74, 6) is -3.94. The normalized spacial score (nSPS) is 19.5. The van der Waals surface area contributed by atoms with Gasteiger partial charge in [0.25, 0.3) is 0 Å². The van der Waals surface area contributed by atoms with Crippen LogP contribution in [0.5, 0.6) is 0 Å². The first-order valence-corrected chi connectivity index (χ1v) is 10.2. The Morgan fingerprint density at radius 3 is 2.61 bits per heavy atom. The lowest BCUT2D eigenvalue weighted by Gasteiger charge is -2.21. The topological polar surface area (TPSA) is 92.7 Å². The minimum Gasteiger partial charge on any atom is -0.481 e. The van der Waals surface area contributed by atoms with Crippen LogP contribution >= 0.6 is 0 Å². The molecule has 6 nitrogen and oxygen atoms in total. The van der Waals surface area contributed by atoms with E-state index < -0.39 is 24.0 Å². The van der Waals surface area contributed by atoms with E-state index >= 15 is 0 Å². The van der Waals surface area contributed by atoms with E-state index in [1.807, 2.05) is 18.3 Å². The van der Waals surface area contributed by atoms with E-state index in [2.05, 4.69) is 0 Å². The number of aliphatic carboxylic acids is 1. The molecule has 9 heteroatoms. The van der Waals surface area contributed by atoms with Gasteiger partial charge in [-0.25, -0.2) is 4.79 Å². The standard InChI is InChI=1S/C22H24F3NO5/c1-3-14-11(2)16-10-31-20(29)18(16)19(26-21(30)22(23,24)25)15(14)8-7-12-5-4-6-13(12)9-17(27)28/h7,13H,3-6,8-10H2,1-2H3,(H,26,30)(H,27,28). The van der Waals surface area contributed by atoms with E-state index in [0.717, 1.165) is 36.0 Å². The van der Waals surface area contributed by atoms with Crippen LogP contribution in [0.2, 0.25) is 0 Å². The molecular weight excluding hydrogens is 415 g/mol. The van der Waals surface area contributed by atoms with Crippen molar-refractivity contribution >= 4 is 23.5 Å². The molecule has 0 radical (unpaired) electrons. The lowest BCUT2D eigenvalue weighted by atomic mass is 9.87. The van der Waals surface area contributed by atoms with Crippen molar-refractivity contribution in [2.75, 3.05) is 5.32 Å². The number of alkyl halides is 3. The molecule has 1 atom stereocenters. The summed E-state index contributed by atoms with van der Waals surface area (Å²) < 4.78 is 44.0. The molecule has 2 aliphatic rings. The second kappa shape index (κ2) is 8.72. The van der Waals surface area contributed by atoms with E-state index in [9.17, 15) is 27.6 Å². The van der Waals surface area contributed by atoms with Gasteiger partial charge in [0.05, 0.1) is 17.7 Å². The highest BCUT2D eigenvalue weighted by Crippen LogP contribution is 2.39. The quantitative estimate of drug-likeness (QED) is 0.504. The predicted molar refractivity (Wildman–Crippen MR) is 106 cm³/mol. The SMILES string of the molecule is CCc1c(C)c2c(c(NC(=O)C(F)(F)F)c1CC=C1CCCC1CC(=O)O)C(=O)OC2. The van der Waals surface area contributed by atoms with Gasteiger partial charge in [-0.2, -0.15) is 13.2 Å². The summed E-state index contributed by atoms with van der Waals surface area (Å²) in [6.07, 6.45) is -0.299. The van der Waals surface area contributed by atoms with Crippen LogP contribution in [0.3, 0.4) is 0 Å². The minimum atomic E-state index is -5.11. The number of amides is 1. The number of carboxylic acids is 1. The number of anilines is 1. The molecule has 1 amide bonds. The number of cyclic esters (lactones) is 1. The summed E-state index contributed by atoms with van der Waals surface area (Å²) in [5, 5.41) is 11.0. The molecule has 0 saturated heterocycles. The summed E-state index contributed by atoms with van der Waals surface area (Å²) in [6.45, 7) is 3.58. The van der Waals surface area contributed by atoms with Crippen molar-refractivity contribution in [2.45, 2.75) is 65.2 Å². The van der Waals surface area contributed by atoms with Crippen LogP contribution in [-0.2, 0) is 33.8 Å². The number of rotatable bonds is 6. The molecule has 1 unspecified atom stereocenters. The van der Waals surface area contributed by atoms with E-state index in [1.54, 1.807) is 6.92 Å². The third kappa shape index (κ3) is 4.60. The van der Waals surface area contributed by atoms with Gasteiger partial charge in [-0.05, 0) is 61.6 Å². The fourth-order valence-corrected chi connectivity index (χ4v) is 4.58. The van der Waals surface area contributed by atoms with Crippen molar-refractivity contribution in [3.63, 3.8) is 0 Å². The Bertz CT molecular complexity index is 965. The maximum absolute atomic E-state index is 13.0. The average Bonchev–Trinajstić information content (AvgIpc) is 3.27. The number of esters is 1. The molecule has 2 N–H and O–H groups in total. The number of halogens is 3. The fraction of sp³-hybridized carbons (Fsp3) is 0.500. The number of ether oxygens (including phenoxy) is 1. The van der Waals surface area contributed by atoms with Crippen molar-refractivity contribution in [1.82, 2.24) is 0 Å². The van der Waals surface area contributed by atoms with Gasteiger partial charge < -0.3 is 15.2 Å². The summed E-state index contributed by atoms with van der Waals surface area (Å²) in [4.78, 5) is 35.2. The monoisotopic (exact) mass is 439 g/mol. The van der Waals surface area contributed by atoms with Gasteiger partial charge in [-0.3, -0.25) is 9.59 Å². The van der Waals surface area contributed by atoms with E-state index in [4.69, 9.17) is 9.84 Å². The zero-order valence-electron chi connectivity index (χ0n) is 17.3. The van der Waals surface area contributed by atoms with Crippen molar-refractivity contribution in [3.05, 3.63) is 39.5 Å². The van der Waals surface area contributed by atoms with E-state index in [0.29, 0.717) is 17.5 Å². The third-order valence-electron chi connectivity index (χ3n) is 6.06. The summed E-state index contributed by atoms with van der Waals surface area (Å²) >= 11 is 0. The number of carbonyl (C=O) groups excluding carboxylic acids is 2. The van der Waals surface area contributed by atoms with Crippen molar-refractivity contribution in [2.24, 2.45) is 5.92 Å². The van der Waals surface area contributed by atoms with Crippen LogP contribution < -0.4 is 5.32 Å². The minimum absolute atomic E-state index is 0.000321. The van der Waals surface area contributed by atoms with Crippen LogP contribution in [0, 0.1) is 12.8 Å². The van der Waals surface area contributed by atoms with Gasteiger partial charge in [0.15, 0.2) is 0 Å². The molecule has 168 valence electrons. The van der Waals surface area contributed by atoms with Crippen LogP contribution in [0.25, 0.3) is 0 Å². The zero-order valence-corrected chi connectivity index (χ0v) is 17.3. The van der Waals surface area contributed by atoms with Gasteiger partial charge >= 0.3 is 24.0 Å². The Balaban J connectivity index is 2.09. The maximum Gasteiger partial charge on any atom is 0.471 e. The highest BCUT2D eigenvalue weighted by molar-refractivity contribution is 6.06. The smallest absolute Gasteiger partial charge is 0.471 e. The molecule has 0 spiro atoms. The summed E-state index contributed by atoms with van der Waals surface area (Å²) in [7, 11) is 0. The molecule has 1 aromatic rings. The van der Waals surface area contributed by atoms with Gasteiger partial charge in [-0.1, -0.05) is 18.6 Å². The van der Waals surface area contributed by atoms with Crippen molar-refractivity contribution in [3.8, 4) is 0 Å². The van der Waals surface area contributed by atoms with Gasteiger partial charge in [-0.15, -0.1) is 0 Å². The Kier molecular flexibility index (Phi) is 6.43. The van der Waals surface area contributed by atoms with Crippen LogP contribution in [0.4, 0.5) is 18.9 Å². The Hall–Kier alpha value is -2.84. The second-order valence-electron chi connectivity index (χ2n) is 7.86. The fourth-order valence-electron chi connectivity index (χ4n) is 4.58. The molecule has 3 rings (SSSR count). The van der Waals surface area contributed by atoms with Gasteiger partial charge in [0.1, 0.15) is 6.61 Å². The number of carbonyl (C=O) groups is 3. The zero-order chi connectivity index (χ0) is 22.9. The summed E-state index contributed by atoms with van der Waals surface area (Å²) in [6, 6.07) is 0. The third-order valence-corrected chi connectivity index (χ3v) is 6.06. The number of nitrogens with one attached hydrogen (secondary N) is 1. The number of carboxylic acid groups (broad SMARTS) is 1. The van der Waals surface area contributed by atoms with Gasteiger partial charge in [0, 0.05) is 5.56 Å².